The number of hydrogen-bond acceptors (Lipinski definition) is 4. The van der Waals surface area contributed by atoms with E-state index in [0.29, 0.717) is 18.8 Å². The maximum absolute atomic E-state index is 12.2. The predicted molar refractivity (Wildman–Crippen MR) is 106 cm³/mol. The Kier molecular flexibility index (Phi) is 6.59. The zero-order chi connectivity index (χ0) is 19.8. The van der Waals surface area contributed by atoms with Crippen molar-refractivity contribution in [1.29, 1.82) is 0 Å². The third-order valence-corrected chi connectivity index (χ3v) is 4.11. The first-order chi connectivity index (χ1) is 13.6. The number of amides is 2. The Morgan fingerprint density at radius 1 is 1.00 bits per heavy atom. The summed E-state index contributed by atoms with van der Waals surface area (Å²) in [7, 11) is 0. The number of benzene rings is 2. The molecule has 3 aromatic rings. The van der Waals surface area contributed by atoms with E-state index in [1.165, 1.54) is 6.26 Å². The number of ether oxygens (including phenoxy) is 1. The molecule has 0 bridgehead atoms. The van der Waals surface area contributed by atoms with Crippen LogP contribution in [0.5, 0.6) is 0 Å². The summed E-state index contributed by atoms with van der Waals surface area (Å²) < 4.78 is 10.7. The smallest absolute Gasteiger partial charge is 0.291 e. The van der Waals surface area contributed by atoms with E-state index in [1.54, 1.807) is 31.2 Å². The van der Waals surface area contributed by atoms with Crippen LogP contribution in [0.2, 0.25) is 0 Å². The summed E-state index contributed by atoms with van der Waals surface area (Å²) >= 11 is 0. The highest BCUT2D eigenvalue weighted by atomic mass is 16.5. The van der Waals surface area contributed by atoms with Crippen molar-refractivity contribution in [3.8, 4) is 0 Å². The molecule has 0 aliphatic carbocycles. The third kappa shape index (κ3) is 5.56. The van der Waals surface area contributed by atoms with Gasteiger partial charge in [0.05, 0.1) is 12.9 Å². The molecule has 3 rings (SSSR count). The quantitative estimate of drug-likeness (QED) is 0.625. The first kappa shape index (κ1) is 19.4. The molecule has 0 fully saturated rings. The van der Waals surface area contributed by atoms with Crippen LogP contribution in [-0.4, -0.2) is 17.9 Å². The fourth-order valence-corrected chi connectivity index (χ4v) is 2.56. The minimum atomic E-state index is -0.568. The summed E-state index contributed by atoms with van der Waals surface area (Å²) in [6.07, 6.45) is 0.879. The van der Waals surface area contributed by atoms with Crippen molar-refractivity contribution in [2.75, 3.05) is 5.32 Å². The molecule has 6 heteroatoms. The van der Waals surface area contributed by atoms with Crippen LogP contribution in [0.3, 0.4) is 0 Å². The standard InChI is InChI=1S/C22H22N2O4/c1-16(28-15-17-7-3-2-4-8-17)21(25)23-14-18-9-5-10-19(13-18)24-22(26)20-11-6-12-27-20/h2-13,16H,14-15H2,1H3,(H,23,25)(H,24,26)/t16-/m0/s1. The Balaban J connectivity index is 1.48. The fraction of sp³-hybridized carbons (Fsp3) is 0.182. The molecule has 28 heavy (non-hydrogen) atoms. The molecular formula is C22H22N2O4. The topological polar surface area (TPSA) is 80.6 Å². The van der Waals surface area contributed by atoms with Crippen LogP contribution < -0.4 is 10.6 Å². The normalized spacial score (nSPS) is 11.6. The molecular weight excluding hydrogens is 356 g/mol. The molecule has 144 valence electrons. The summed E-state index contributed by atoms with van der Waals surface area (Å²) in [5, 5.41) is 5.61. The molecule has 2 amide bonds. The summed E-state index contributed by atoms with van der Waals surface area (Å²) in [5.74, 6) is -0.279. The molecule has 0 radical (unpaired) electrons. The number of carbonyl (C=O) groups excluding carboxylic acids is 2. The van der Waals surface area contributed by atoms with Gasteiger partial charge < -0.3 is 19.8 Å². The molecule has 1 atom stereocenters. The minimum absolute atomic E-state index is 0.194. The van der Waals surface area contributed by atoms with Gasteiger partial charge in [0, 0.05) is 12.2 Å². The van der Waals surface area contributed by atoms with Crippen molar-refractivity contribution in [2.45, 2.75) is 26.2 Å². The lowest BCUT2D eigenvalue weighted by Crippen LogP contribution is -2.34. The van der Waals surface area contributed by atoms with Crippen molar-refractivity contribution >= 4 is 17.5 Å². The molecule has 0 saturated carbocycles. The first-order valence-electron chi connectivity index (χ1n) is 8.99. The van der Waals surface area contributed by atoms with Crippen LogP contribution in [-0.2, 0) is 22.7 Å². The molecule has 2 N–H and O–H groups in total. The molecule has 6 nitrogen and oxygen atoms in total. The molecule has 1 heterocycles. The van der Waals surface area contributed by atoms with Gasteiger partial charge in [-0.3, -0.25) is 9.59 Å². The van der Waals surface area contributed by atoms with Gasteiger partial charge in [0.2, 0.25) is 5.91 Å². The van der Waals surface area contributed by atoms with Gasteiger partial charge in [-0.25, -0.2) is 0 Å². The monoisotopic (exact) mass is 378 g/mol. The van der Waals surface area contributed by atoms with E-state index < -0.39 is 6.10 Å². The van der Waals surface area contributed by atoms with Crippen LogP contribution >= 0.6 is 0 Å². The van der Waals surface area contributed by atoms with Crippen molar-refractivity contribution in [1.82, 2.24) is 5.32 Å². The van der Waals surface area contributed by atoms with E-state index in [4.69, 9.17) is 9.15 Å². The second kappa shape index (κ2) is 9.53. The highest BCUT2D eigenvalue weighted by Gasteiger charge is 2.13. The number of rotatable bonds is 8. The second-order valence-corrected chi connectivity index (χ2v) is 6.29. The molecule has 0 unspecified atom stereocenters. The molecule has 2 aromatic carbocycles. The number of furan rings is 1. The SMILES string of the molecule is C[C@H](OCc1ccccc1)C(=O)NCc1cccc(NC(=O)c2ccco2)c1. The van der Waals surface area contributed by atoms with Crippen molar-refractivity contribution < 1.29 is 18.7 Å². The largest absolute Gasteiger partial charge is 0.459 e. The van der Waals surface area contributed by atoms with Gasteiger partial charge in [-0.1, -0.05) is 42.5 Å². The van der Waals surface area contributed by atoms with E-state index in [1.807, 2.05) is 42.5 Å². The minimum Gasteiger partial charge on any atom is -0.459 e. The van der Waals surface area contributed by atoms with E-state index in [2.05, 4.69) is 10.6 Å². The first-order valence-corrected chi connectivity index (χ1v) is 8.99. The highest BCUT2D eigenvalue weighted by molar-refractivity contribution is 6.02. The van der Waals surface area contributed by atoms with Gasteiger partial charge in [0.15, 0.2) is 5.76 Å². The van der Waals surface area contributed by atoms with Gasteiger partial charge in [0.1, 0.15) is 6.10 Å². The van der Waals surface area contributed by atoms with Gasteiger partial charge in [-0.2, -0.15) is 0 Å². The van der Waals surface area contributed by atoms with Crippen LogP contribution in [0, 0.1) is 0 Å². The zero-order valence-corrected chi connectivity index (χ0v) is 15.6. The predicted octanol–water partition coefficient (Wildman–Crippen LogP) is 3.75. The van der Waals surface area contributed by atoms with Gasteiger partial charge in [-0.05, 0) is 42.3 Å². The number of anilines is 1. The van der Waals surface area contributed by atoms with Crippen LogP contribution in [0.4, 0.5) is 5.69 Å². The lowest BCUT2D eigenvalue weighted by molar-refractivity contribution is -0.132. The summed E-state index contributed by atoms with van der Waals surface area (Å²) in [5.41, 5.74) is 2.50. The average Bonchev–Trinajstić information content (AvgIpc) is 3.26. The molecule has 0 aliphatic rings. The Labute approximate surface area is 163 Å². The van der Waals surface area contributed by atoms with Gasteiger partial charge in [0.25, 0.3) is 5.91 Å². The van der Waals surface area contributed by atoms with E-state index in [9.17, 15) is 9.59 Å². The van der Waals surface area contributed by atoms with Crippen LogP contribution in [0.1, 0.15) is 28.6 Å². The lowest BCUT2D eigenvalue weighted by atomic mass is 10.2. The highest BCUT2D eigenvalue weighted by Crippen LogP contribution is 2.13. The van der Waals surface area contributed by atoms with E-state index >= 15 is 0 Å². The van der Waals surface area contributed by atoms with E-state index in [0.717, 1.165) is 11.1 Å². The second-order valence-electron chi connectivity index (χ2n) is 6.29. The third-order valence-electron chi connectivity index (χ3n) is 4.11. The van der Waals surface area contributed by atoms with Crippen molar-refractivity contribution in [3.63, 3.8) is 0 Å². The number of carbonyl (C=O) groups is 2. The summed E-state index contributed by atoms with van der Waals surface area (Å²) in [4.78, 5) is 24.3. The van der Waals surface area contributed by atoms with Crippen LogP contribution in [0.15, 0.2) is 77.4 Å². The van der Waals surface area contributed by atoms with Crippen molar-refractivity contribution in [3.05, 3.63) is 89.9 Å². The van der Waals surface area contributed by atoms with Gasteiger partial charge >= 0.3 is 0 Å². The molecule has 1 aromatic heterocycles. The summed E-state index contributed by atoms with van der Waals surface area (Å²) in [6, 6.07) is 20.2. The van der Waals surface area contributed by atoms with Crippen molar-refractivity contribution in [2.24, 2.45) is 0 Å². The van der Waals surface area contributed by atoms with Gasteiger partial charge in [-0.15, -0.1) is 0 Å². The van der Waals surface area contributed by atoms with E-state index in [-0.39, 0.29) is 17.6 Å². The Morgan fingerprint density at radius 3 is 2.54 bits per heavy atom. The maximum atomic E-state index is 12.2. The molecule has 0 aliphatic heterocycles. The number of nitrogens with one attached hydrogen (secondary N) is 2. The average molecular weight is 378 g/mol. The fourth-order valence-electron chi connectivity index (χ4n) is 2.56. The number of hydrogen-bond donors (Lipinski definition) is 2. The van der Waals surface area contributed by atoms with Crippen LogP contribution in [0.25, 0.3) is 0 Å². The lowest BCUT2D eigenvalue weighted by Gasteiger charge is -2.14. The maximum Gasteiger partial charge on any atom is 0.291 e. The zero-order valence-electron chi connectivity index (χ0n) is 15.6. The summed E-state index contributed by atoms with van der Waals surface area (Å²) in [6.45, 7) is 2.43. The Hall–Kier alpha value is -3.38. The molecule has 0 spiro atoms. The Bertz CT molecular complexity index is 907. The molecule has 0 saturated heterocycles. The Morgan fingerprint density at radius 2 is 1.79 bits per heavy atom.